The van der Waals surface area contributed by atoms with Crippen molar-refractivity contribution < 1.29 is 55.0 Å². The molecule has 57 heavy (non-hydrogen) atoms. The van der Waals surface area contributed by atoms with Gasteiger partial charge in [0.1, 0.15) is 29.5 Å². The molecule has 0 radical (unpaired) electrons. The van der Waals surface area contributed by atoms with E-state index in [1.807, 2.05) is 25.1 Å². The lowest BCUT2D eigenvalue weighted by Crippen LogP contribution is -2.59. The van der Waals surface area contributed by atoms with Gasteiger partial charge in [-0.15, -0.1) is 0 Å². The maximum atomic E-state index is 14.7. The lowest BCUT2D eigenvalue weighted by atomic mass is 9.92. The van der Waals surface area contributed by atoms with Crippen molar-refractivity contribution in [1.29, 1.82) is 0 Å². The molecule has 1 saturated heterocycles. The predicted octanol–water partition coefficient (Wildman–Crippen LogP) is 4.91. The summed E-state index contributed by atoms with van der Waals surface area (Å²) in [4.78, 5) is 61.8. The Hall–Kier alpha value is -4.61. The van der Waals surface area contributed by atoms with E-state index in [2.05, 4.69) is 20.3 Å². The average molecular weight is 822 g/mol. The molecular formula is C39H50F3N5O9S. The molecule has 18 heteroatoms. The molecule has 4 aliphatic rings. The number of nitrogens with one attached hydrogen (secondary N) is 3. The molecule has 3 heterocycles. The number of allylic oxidation sites excluding steroid dienone is 1. The van der Waals surface area contributed by atoms with Gasteiger partial charge in [-0.1, -0.05) is 50.6 Å². The number of fused-ring (bicyclic) bond motifs is 3. The Balaban J connectivity index is 1.35. The van der Waals surface area contributed by atoms with Gasteiger partial charge in [0.05, 0.1) is 24.6 Å². The second-order valence-electron chi connectivity index (χ2n) is 16.6. The maximum absolute atomic E-state index is 14.7. The van der Waals surface area contributed by atoms with Crippen LogP contribution in [-0.4, -0.2) is 96.0 Å². The van der Waals surface area contributed by atoms with Gasteiger partial charge in [0.15, 0.2) is 0 Å². The van der Waals surface area contributed by atoms with E-state index in [9.17, 15) is 40.8 Å². The summed E-state index contributed by atoms with van der Waals surface area (Å²) in [6, 6.07) is 4.41. The standard InChI is InChI=1S/C39H50F3N5O9S/c1-22-10-9-11-23(2)30(44-35(51)56-36(3,4)39(40,41)42)33(49)47-21-25(55-32-27-13-8-7-12-26(27)29(54-6)20-43-32)18-28(47)31(48)45-38(19-24(38)15-14-22)34(50)46-57(52,53)37(5)16-17-37/h7-8,12-15,20,22-25,28,30H,9-11,16-19,21H2,1-6H3,(H,44,51)(H,45,48)(H,46,50). The number of ether oxygens (including phenoxy) is 3. The Morgan fingerprint density at radius 2 is 1.74 bits per heavy atom. The summed E-state index contributed by atoms with van der Waals surface area (Å²) in [5.74, 6) is -2.99. The molecule has 0 bridgehead atoms. The van der Waals surface area contributed by atoms with E-state index in [-0.39, 0.29) is 31.2 Å². The van der Waals surface area contributed by atoms with Crippen LogP contribution in [0.1, 0.15) is 79.6 Å². The molecule has 2 saturated carbocycles. The number of pyridine rings is 1. The monoisotopic (exact) mass is 821 g/mol. The molecule has 1 aromatic heterocycles. The first-order valence-electron chi connectivity index (χ1n) is 19.1. The fourth-order valence-electron chi connectivity index (χ4n) is 7.42. The van der Waals surface area contributed by atoms with Crippen LogP contribution in [-0.2, 0) is 29.1 Å². The van der Waals surface area contributed by atoms with E-state index in [4.69, 9.17) is 14.2 Å². The van der Waals surface area contributed by atoms with Gasteiger partial charge in [-0.25, -0.2) is 18.2 Å². The Kier molecular flexibility index (Phi) is 11.3. The van der Waals surface area contributed by atoms with Crippen LogP contribution in [0.5, 0.6) is 11.6 Å². The van der Waals surface area contributed by atoms with Gasteiger partial charge in [-0.2, -0.15) is 13.2 Å². The van der Waals surface area contributed by atoms with Crippen molar-refractivity contribution in [3.8, 4) is 11.6 Å². The molecule has 0 spiro atoms. The molecule has 6 rings (SSSR count). The Labute approximate surface area is 329 Å². The number of rotatable bonds is 8. The topological polar surface area (TPSA) is 182 Å². The summed E-state index contributed by atoms with van der Waals surface area (Å²) >= 11 is 0. The predicted molar refractivity (Wildman–Crippen MR) is 201 cm³/mol. The lowest BCUT2D eigenvalue weighted by Gasteiger charge is -2.33. The number of amides is 4. The fraction of sp³-hybridized carbons (Fsp3) is 0.615. The zero-order chi connectivity index (χ0) is 41.7. The summed E-state index contributed by atoms with van der Waals surface area (Å²) in [6.45, 7) is 6.33. The van der Waals surface area contributed by atoms with Crippen molar-refractivity contribution in [2.24, 2.45) is 17.8 Å². The smallest absolute Gasteiger partial charge is 0.427 e. The van der Waals surface area contributed by atoms with Gasteiger partial charge in [0.2, 0.25) is 33.3 Å². The highest BCUT2D eigenvalue weighted by Crippen LogP contribution is 2.48. The van der Waals surface area contributed by atoms with Gasteiger partial charge < -0.3 is 29.7 Å². The van der Waals surface area contributed by atoms with E-state index < -0.39 is 85.9 Å². The van der Waals surface area contributed by atoms with Crippen molar-refractivity contribution in [2.75, 3.05) is 13.7 Å². The molecule has 312 valence electrons. The van der Waals surface area contributed by atoms with Crippen LogP contribution in [0, 0.1) is 17.8 Å². The molecule has 1 aromatic carbocycles. The van der Waals surface area contributed by atoms with Crippen molar-refractivity contribution in [3.63, 3.8) is 0 Å². The van der Waals surface area contributed by atoms with Crippen LogP contribution in [0.3, 0.4) is 0 Å². The molecular weight excluding hydrogens is 772 g/mol. The molecule has 2 aromatic rings. The van der Waals surface area contributed by atoms with Crippen LogP contribution in [0.25, 0.3) is 10.8 Å². The fourth-order valence-corrected chi connectivity index (χ4v) is 8.73. The van der Waals surface area contributed by atoms with Gasteiger partial charge in [0.25, 0.3) is 5.91 Å². The van der Waals surface area contributed by atoms with Crippen LogP contribution < -0.4 is 24.8 Å². The van der Waals surface area contributed by atoms with Crippen LogP contribution in [0.4, 0.5) is 18.0 Å². The molecule has 7 atom stereocenters. The zero-order valence-corrected chi connectivity index (χ0v) is 33.6. The minimum absolute atomic E-state index is 0.0307. The second-order valence-corrected chi connectivity index (χ2v) is 18.8. The highest BCUT2D eigenvalue weighted by molar-refractivity contribution is 7.91. The minimum atomic E-state index is -4.91. The highest BCUT2D eigenvalue weighted by Gasteiger charge is 2.63. The van der Waals surface area contributed by atoms with E-state index in [0.717, 1.165) is 0 Å². The van der Waals surface area contributed by atoms with E-state index in [1.165, 1.54) is 25.1 Å². The number of nitrogens with zero attached hydrogens (tertiary/aromatic N) is 2. The largest absolute Gasteiger partial charge is 0.494 e. The first-order valence-corrected chi connectivity index (χ1v) is 20.6. The van der Waals surface area contributed by atoms with Crippen LogP contribution >= 0.6 is 0 Å². The first-order chi connectivity index (χ1) is 26.6. The normalized spacial score (nSPS) is 29.2. The van der Waals surface area contributed by atoms with Crippen molar-refractivity contribution in [2.45, 2.75) is 120 Å². The molecule has 7 unspecified atom stereocenters. The SMILES string of the molecule is COc1cnc(OC2CC3C(=O)NC4(C(=O)NS(=O)(=O)C5(C)CC5)CC4C=CC(C)CCCC(C)C(NC(=O)OC(C)(C)C(F)(F)F)C(=O)N3C2)c2ccccc12. The molecule has 3 N–H and O–H groups in total. The number of carbonyl (C=O) groups is 4. The lowest BCUT2D eigenvalue weighted by molar-refractivity contribution is -0.244. The number of aromatic nitrogens is 1. The van der Waals surface area contributed by atoms with Gasteiger partial charge in [-0.05, 0) is 70.8 Å². The molecule has 2 aliphatic heterocycles. The number of alkyl carbamates (subject to hydrolysis) is 1. The number of methoxy groups -OCH3 is 1. The van der Waals surface area contributed by atoms with E-state index in [1.54, 1.807) is 25.1 Å². The third-order valence-electron chi connectivity index (χ3n) is 11.8. The highest BCUT2D eigenvalue weighted by atomic mass is 32.2. The van der Waals surface area contributed by atoms with Gasteiger partial charge in [-0.3, -0.25) is 19.1 Å². The first kappa shape index (κ1) is 42.0. The Bertz CT molecular complexity index is 2060. The molecule has 14 nitrogen and oxygen atoms in total. The number of carbonyl (C=O) groups excluding carboxylic acids is 4. The summed E-state index contributed by atoms with van der Waals surface area (Å²) in [7, 11) is -2.58. The van der Waals surface area contributed by atoms with E-state index >= 15 is 0 Å². The minimum Gasteiger partial charge on any atom is -0.494 e. The number of hydrogen-bond donors (Lipinski definition) is 3. The second kappa shape index (κ2) is 15.3. The van der Waals surface area contributed by atoms with Crippen LogP contribution in [0.15, 0.2) is 42.6 Å². The third kappa shape index (κ3) is 8.51. The van der Waals surface area contributed by atoms with Crippen molar-refractivity contribution in [3.05, 3.63) is 42.6 Å². The quantitative estimate of drug-likeness (QED) is 0.310. The number of benzene rings is 1. The number of sulfonamides is 1. The third-order valence-corrected chi connectivity index (χ3v) is 14.0. The molecule has 3 fully saturated rings. The molecule has 4 amide bonds. The summed E-state index contributed by atoms with van der Waals surface area (Å²) in [6.07, 6.45) is 0.197. The zero-order valence-electron chi connectivity index (χ0n) is 32.8. The van der Waals surface area contributed by atoms with E-state index in [0.29, 0.717) is 62.5 Å². The summed E-state index contributed by atoms with van der Waals surface area (Å²) < 4.78 is 85.2. The average Bonchev–Trinajstić information content (AvgIpc) is 4.02. The van der Waals surface area contributed by atoms with Crippen molar-refractivity contribution in [1.82, 2.24) is 25.2 Å². The number of hydrogen-bond acceptors (Lipinski definition) is 10. The Morgan fingerprint density at radius 1 is 1.05 bits per heavy atom. The van der Waals surface area contributed by atoms with Gasteiger partial charge >= 0.3 is 12.3 Å². The maximum Gasteiger partial charge on any atom is 0.427 e. The van der Waals surface area contributed by atoms with Gasteiger partial charge in [0, 0.05) is 23.1 Å². The Morgan fingerprint density at radius 3 is 2.39 bits per heavy atom. The summed E-state index contributed by atoms with van der Waals surface area (Å²) in [5, 5.41) is 6.44. The molecule has 2 aliphatic carbocycles. The number of halogens is 3. The number of alkyl halides is 3. The van der Waals surface area contributed by atoms with Crippen LogP contribution in [0.2, 0.25) is 0 Å². The van der Waals surface area contributed by atoms with Crippen molar-refractivity contribution >= 4 is 44.6 Å². The summed E-state index contributed by atoms with van der Waals surface area (Å²) in [5.41, 5.74) is -4.53.